The van der Waals surface area contributed by atoms with Crippen LogP contribution >= 0.6 is 22.9 Å². The van der Waals surface area contributed by atoms with Gasteiger partial charge >= 0.3 is 0 Å². The van der Waals surface area contributed by atoms with Crippen LogP contribution in [0.4, 0.5) is 0 Å². The predicted molar refractivity (Wildman–Crippen MR) is 117 cm³/mol. The van der Waals surface area contributed by atoms with E-state index in [9.17, 15) is 13.2 Å². The SMILES string of the molecule is Cc1nc2ccc(S(=O)(=O)NC(C(=O)NCc3ccc(Cl)cc3)C(C)C)cc2s1. The number of amides is 1. The smallest absolute Gasteiger partial charge is 0.241 e. The van der Waals surface area contributed by atoms with Crippen LogP contribution in [-0.2, 0) is 21.4 Å². The minimum Gasteiger partial charge on any atom is -0.351 e. The lowest BCUT2D eigenvalue weighted by Gasteiger charge is -2.21. The van der Waals surface area contributed by atoms with Crippen molar-refractivity contribution < 1.29 is 13.2 Å². The molecule has 0 aliphatic rings. The Bertz CT molecular complexity index is 1130. The minimum absolute atomic E-state index is 0.116. The maximum atomic E-state index is 12.9. The summed E-state index contributed by atoms with van der Waals surface area (Å²) in [5, 5.41) is 4.27. The average Bonchev–Trinajstić information content (AvgIpc) is 3.04. The van der Waals surface area contributed by atoms with Gasteiger partial charge in [-0.25, -0.2) is 13.4 Å². The van der Waals surface area contributed by atoms with Gasteiger partial charge in [0.05, 0.1) is 20.1 Å². The van der Waals surface area contributed by atoms with Crippen LogP contribution in [0.1, 0.15) is 24.4 Å². The normalized spacial score (nSPS) is 13.0. The Morgan fingerprint density at radius 3 is 2.52 bits per heavy atom. The quantitative estimate of drug-likeness (QED) is 0.570. The van der Waals surface area contributed by atoms with Crippen molar-refractivity contribution in [2.75, 3.05) is 0 Å². The molecule has 0 aliphatic carbocycles. The van der Waals surface area contributed by atoms with Crippen molar-refractivity contribution in [2.24, 2.45) is 5.92 Å². The number of thiazole rings is 1. The largest absolute Gasteiger partial charge is 0.351 e. The van der Waals surface area contributed by atoms with Crippen molar-refractivity contribution in [3.05, 3.63) is 58.1 Å². The minimum atomic E-state index is -3.87. The van der Waals surface area contributed by atoms with Gasteiger partial charge in [0.25, 0.3) is 0 Å². The third kappa shape index (κ3) is 5.33. The summed E-state index contributed by atoms with van der Waals surface area (Å²) < 4.78 is 29.1. The number of carbonyl (C=O) groups is 1. The predicted octanol–water partition coefficient (Wildman–Crippen LogP) is 3.88. The van der Waals surface area contributed by atoms with Gasteiger partial charge < -0.3 is 5.32 Å². The van der Waals surface area contributed by atoms with E-state index >= 15 is 0 Å². The molecule has 1 unspecified atom stereocenters. The summed E-state index contributed by atoms with van der Waals surface area (Å²) in [5.41, 5.74) is 1.63. The summed E-state index contributed by atoms with van der Waals surface area (Å²) in [6.45, 7) is 5.75. The van der Waals surface area contributed by atoms with Crippen molar-refractivity contribution in [3.8, 4) is 0 Å². The molecule has 1 heterocycles. The van der Waals surface area contributed by atoms with E-state index in [4.69, 9.17) is 11.6 Å². The highest BCUT2D eigenvalue weighted by molar-refractivity contribution is 7.89. The fourth-order valence-electron chi connectivity index (χ4n) is 2.82. The van der Waals surface area contributed by atoms with Crippen molar-refractivity contribution in [2.45, 2.75) is 38.3 Å². The van der Waals surface area contributed by atoms with Crippen LogP contribution in [-0.4, -0.2) is 25.4 Å². The Kier molecular flexibility index (Phi) is 6.58. The number of sulfonamides is 1. The summed E-state index contributed by atoms with van der Waals surface area (Å²) in [7, 11) is -3.87. The zero-order valence-electron chi connectivity index (χ0n) is 16.3. The number of nitrogens with zero attached hydrogens (tertiary/aromatic N) is 1. The van der Waals surface area contributed by atoms with Crippen LogP contribution in [0.5, 0.6) is 0 Å². The molecule has 0 fully saturated rings. The fourth-order valence-corrected chi connectivity index (χ4v) is 5.25. The third-order valence-corrected chi connectivity index (χ3v) is 7.01. The van der Waals surface area contributed by atoms with Crippen LogP contribution in [0.25, 0.3) is 10.2 Å². The van der Waals surface area contributed by atoms with Gasteiger partial charge in [-0.15, -0.1) is 11.3 Å². The molecule has 0 saturated heterocycles. The number of nitrogens with one attached hydrogen (secondary N) is 2. The topological polar surface area (TPSA) is 88.2 Å². The summed E-state index contributed by atoms with van der Waals surface area (Å²) in [4.78, 5) is 17.1. The van der Waals surface area contributed by atoms with Gasteiger partial charge in [0.15, 0.2) is 0 Å². The fraction of sp³-hybridized carbons (Fsp3) is 0.300. The number of benzene rings is 2. The van der Waals surface area contributed by atoms with E-state index in [0.717, 1.165) is 20.8 Å². The zero-order valence-corrected chi connectivity index (χ0v) is 18.7. The van der Waals surface area contributed by atoms with E-state index in [1.54, 1.807) is 38.1 Å². The first-order valence-electron chi connectivity index (χ1n) is 9.07. The number of fused-ring (bicyclic) bond motifs is 1. The van der Waals surface area contributed by atoms with E-state index in [1.807, 2.05) is 19.1 Å². The molecule has 1 atom stereocenters. The number of carbonyl (C=O) groups excluding carboxylic acids is 1. The maximum Gasteiger partial charge on any atom is 0.241 e. The van der Waals surface area contributed by atoms with Crippen molar-refractivity contribution in [1.29, 1.82) is 0 Å². The second-order valence-corrected chi connectivity index (χ2v) is 10.4. The standard InChI is InChI=1S/C20H22ClN3O3S2/c1-12(2)19(20(25)22-11-14-4-6-15(21)7-5-14)24-29(26,27)16-8-9-17-18(10-16)28-13(3)23-17/h4-10,12,19,24H,11H2,1-3H3,(H,22,25). The Balaban J connectivity index is 1.75. The molecule has 0 saturated carbocycles. The maximum absolute atomic E-state index is 12.9. The monoisotopic (exact) mass is 451 g/mol. The van der Waals surface area contributed by atoms with Crippen LogP contribution in [0, 0.1) is 12.8 Å². The summed E-state index contributed by atoms with van der Waals surface area (Å²) in [5.74, 6) is -0.613. The van der Waals surface area contributed by atoms with Gasteiger partial charge in [-0.2, -0.15) is 4.72 Å². The van der Waals surface area contributed by atoms with Gasteiger partial charge in [-0.05, 0) is 48.7 Å². The second kappa shape index (κ2) is 8.79. The molecule has 2 aromatic carbocycles. The molecule has 2 N–H and O–H groups in total. The van der Waals surface area contributed by atoms with Crippen LogP contribution in [0.2, 0.25) is 5.02 Å². The van der Waals surface area contributed by atoms with Crippen LogP contribution in [0.3, 0.4) is 0 Å². The number of aryl methyl sites for hydroxylation is 1. The lowest BCUT2D eigenvalue weighted by atomic mass is 10.0. The molecule has 0 spiro atoms. The zero-order chi connectivity index (χ0) is 21.2. The summed E-state index contributed by atoms with van der Waals surface area (Å²) in [6, 6.07) is 11.0. The van der Waals surface area contributed by atoms with E-state index in [1.165, 1.54) is 17.4 Å². The molecule has 0 radical (unpaired) electrons. The van der Waals surface area contributed by atoms with Crippen molar-refractivity contribution in [1.82, 2.24) is 15.0 Å². The van der Waals surface area contributed by atoms with Gasteiger partial charge in [0, 0.05) is 11.6 Å². The molecule has 154 valence electrons. The van der Waals surface area contributed by atoms with Gasteiger partial charge in [-0.3, -0.25) is 4.79 Å². The first kappa shape index (κ1) is 21.7. The average molecular weight is 452 g/mol. The van der Waals surface area contributed by atoms with Crippen LogP contribution in [0.15, 0.2) is 47.4 Å². The van der Waals surface area contributed by atoms with Gasteiger partial charge in [0.2, 0.25) is 15.9 Å². The first-order valence-corrected chi connectivity index (χ1v) is 11.7. The van der Waals surface area contributed by atoms with Gasteiger partial charge in [-0.1, -0.05) is 37.6 Å². The molecule has 1 aromatic heterocycles. The highest BCUT2D eigenvalue weighted by Crippen LogP contribution is 2.25. The third-order valence-electron chi connectivity index (χ3n) is 4.39. The van der Waals surface area contributed by atoms with E-state index in [2.05, 4.69) is 15.0 Å². The van der Waals surface area contributed by atoms with Gasteiger partial charge in [0.1, 0.15) is 6.04 Å². The number of rotatable bonds is 7. The lowest BCUT2D eigenvalue weighted by Crippen LogP contribution is -2.49. The number of hydrogen-bond donors (Lipinski definition) is 2. The first-order chi connectivity index (χ1) is 13.7. The molecule has 29 heavy (non-hydrogen) atoms. The molecule has 0 aliphatic heterocycles. The molecule has 0 bridgehead atoms. The van der Waals surface area contributed by atoms with E-state index in [-0.39, 0.29) is 23.3 Å². The molecule has 6 nitrogen and oxygen atoms in total. The summed E-state index contributed by atoms with van der Waals surface area (Å²) >= 11 is 7.30. The lowest BCUT2D eigenvalue weighted by molar-refractivity contribution is -0.123. The van der Waals surface area contributed by atoms with Crippen molar-refractivity contribution >= 4 is 49.1 Å². The van der Waals surface area contributed by atoms with Crippen molar-refractivity contribution in [3.63, 3.8) is 0 Å². The summed E-state index contributed by atoms with van der Waals surface area (Å²) in [6.07, 6.45) is 0. The van der Waals surface area contributed by atoms with E-state index < -0.39 is 16.1 Å². The van der Waals surface area contributed by atoms with Crippen LogP contribution < -0.4 is 10.0 Å². The molecule has 3 rings (SSSR count). The van der Waals surface area contributed by atoms with E-state index in [0.29, 0.717) is 5.02 Å². The number of aromatic nitrogens is 1. The Labute approximate surface area is 179 Å². The number of halogens is 1. The molecule has 9 heteroatoms. The molecule has 3 aromatic rings. The Morgan fingerprint density at radius 2 is 1.86 bits per heavy atom. The second-order valence-electron chi connectivity index (χ2n) is 7.05. The molecular weight excluding hydrogens is 430 g/mol. The highest BCUT2D eigenvalue weighted by Gasteiger charge is 2.28. The number of hydrogen-bond acceptors (Lipinski definition) is 5. The molecule has 1 amide bonds. The highest BCUT2D eigenvalue weighted by atomic mass is 35.5. The molecular formula is C20H22ClN3O3S2. The Morgan fingerprint density at radius 1 is 1.17 bits per heavy atom. The Hall–Kier alpha value is -2.00.